The van der Waals surface area contributed by atoms with Crippen molar-refractivity contribution in [2.24, 2.45) is 0 Å². The number of alkyl halides is 1. The lowest BCUT2D eigenvalue weighted by Gasteiger charge is -2.14. The summed E-state index contributed by atoms with van der Waals surface area (Å²) in [6.45, 7) is 8.88. The third kappa shape index (κ3) is 3.29. The average molecular weight is 274 g/mol. The SMILES string of the molecule is CSC(C)Cn1c(C)cc(C(=O)C(C)Cl)c1C. The van der Waals surface area contributed by atoms with E-state index >= 15 is 0 Å². The van der Waals surface area contributed by atoms with Gasteiger partial charge in [-0.25, -0.2) is 0 Å². The highest BCUT2D eigenvalue weighted by atomic mass is 35.5. The molecule has 0 fully saturated rings. The molecule has 0 aliphatic carbocycles. The topological polar surface area (TPSA) is 22.0 Å². The van der Waals surface area contributed by atoms with Gasteiger partial charge in [0.2, 0.25) is 0 Å². The number of hydrogen-bond acceptors (Lipinski definition) is 2. The van der Waals surface area contributed by atoms with Crippen LogP contribution >= 0.6 is 23.4 Å². The van der Waals surface area contributed by atoms with Crippen LogP contribution in [-0.4, -0.2) is 27.2 Å². The van der Waals surface area contributed by atoms with E-state index in [1.54, 1.807) is 6.92 Å². The quantitative estimate of drug-likeness (QED) is 0.603. The van der Waals surface area contributed by atoms with E-state index in [9.17, 15) is 4.79 Å². The average Bonchev–Trinajstić information content (AvgIpc) is 2.55. The van der Waals surface area contributed by atoms with Gasteiger partial charge in [0.15, 0.2) is 5.78 Å². The maximum absolute atomic E-state index is 11.9. The van der Waals surface area contributed by atoms with Crippen molar-refractivity contribution >= 4 is 29.1 Å². The van der Waals surface area contributed by atoms with Gasteiger partial charge in [-0.1, -0.05) is 6.92 Å². The van der Waals surface area contributed by atoms with Crippen LogP contribution in [0, 0.1) is 13.8 Å². The summed E-state index contributed by atoms with van der Waals surface area (Å²) in [6, 6.07) is 1.95. The van der Waals surface area contributed by atoms with Gasteiger partial charge in [-0.05, 0) is 33.1 Å². The fraction of sp³-hybridized carbons (Fsp3) is 0.615. The molecule has 0 bridgehead atoms. The maximum atomic E-state index is 11.9. The number of Topliss-reactive ketones (excluding diaryl/α,β-unsaturated/α-hetero) is 1. The predicted molar refractivity (Wildman–Crippen MR) is 76.5 cm³/mol. The fourth-order valence-electron chi connectivity index (χ4n) is 1.88. The number of aromatic nitrogens is 1. The van der Waals surface area contributed by atoms with E-state index in [0.29, 0.717) is 5.25 Å². The summed E-state index contributed by atoms with van der Waals surface area (Å²) in [4.78, 5) is 11.9. The molecular weight excluding hydrogens is 254 g/mol. The molecule has 2 atom stereocenters. The van der Waals surface area contributed by atoms with E-state index in [2.05, 4.69) is 17.7 Å². The molecule has 1 aromatic rings. The zero-order chi connectivity index (χ0) is 13.2. The lowest BCUT2D eigenvalue weighted by Crippen LogP contribution is -2.14. The van der Waals surface area contributed by atoms with E-state index in [4.69, 9.17) is 11.6 Å². The molecule has 0 amide bonds. The van der Waals surface area contributed by atoms with Crippen molar-refractivity contribution in [1.29, 1.82) is 0 Å². The first-order chi connectivity index (χ1) is 7.88. The van der Waals surface area contributed by atoms with Gasteiger partial charge < -0.3 is 4.57 Å². The van der Waals surface area contributed by atoms with Gasteiger partial charge in [0.1, 0.15) is 0 Å². The van der Waals surface area contributed by atoms with Crippen LogP contribution in [-0.2, 0) is 6.54 Å². The van der Waals surface area contributed by atoms with Crippen LogP contribution in [0.15, 0.2) is 6.07 Å². The number of hydrogen-bond donors (Lipinski definition) is 0. The van der Waals surface area contributed by atoms with Crippen molar-refractivity contribution in [2.45, 2.75) is 44.9 Å². The first-order valence-corrected chi connectivity index (χ1v) is 7.48. The van der Waals surface area contributed by atoms with E-state index in [0.717, 1.165) is 23.5 Å². The van der Waals surface area contributed by atoms with Crippen LogP contribution in [0.1, 0.15) is 35.6 Å². The Labute approximate surface area is 113 Å². The van der Waals surface area contributed by atoms with E-state index in [-0.39, 0.29) is 5.78 Å². The Morgan fingerprint density at radius 2 is 2.06 bits per heavy atom. The van der Waals surface area contributed by atoms with Crippen LogP contribution in [0.4, 0.5) is 0 Å². The molecule has 2 unspecified atom stereocenters. The number of ketones is 1. The zero-order valence-electron chi connectivity index (χ0n) is 11.1. The summed E-state index contributed by atoms with van der Waals surface area (Å²) >= 11 is 7.70. The lowest BCUT2D eigenvalue weighted by atomic mass is 10.1. The standard InChI is InChI=1S/C13H20ClNOS/c1-8-6-12(13(16)10(3)14)11(4)15(8)7-9(2)17-5/h6,9-10H,7H2,1-5H3. The second kappa shape index (κ2) is 5.96. The first kappa shape index (κ1) is 14.7. The minimum atomic E-state index is -0.457. The van der Waals surface area contributed by atoms with Crippen molar-refractivity contribution < 1.29 is 4.79 Å². The smallest absolute Gasteiger partial charge is 0.182 e. The summed E-state index contributed by atoms with van der Waals surface area (Å²) in [5, 5.41) is 0.0816. The number of rotatable bonds is 5. The molecule has 0 N–H and O–H groups in total. The van der Waals surface area contributed by atoms with E-state index in [1.807, 2.05) is 31.7 Å². The van der Waals surface area contributed by atoms with Crippen molar-refractivity contribution in [3.63, 3.8) is 0 Å². The molecule has 0 spiro atoms. The Balaban J connectivity index is 3.06. The Hall–Kier alpha value is -0.410. The number of carbonyl (C=O) groups is 1. The van der Waals surface area contributed by atoms with Crippen LogP contribution in [0.3, 0.4) is 0 Å². The normalized spacial score (nSPS) is 14.7. The van der Waals surface area contributed by atoms with Gasteiger partial charge in [-0.15, -0.1) is 11.6 Å². The molecule has 0 radical (unpaired) electrons. The molecule has 0 aromatic carbocycles. The number of carbonyl (C=O) groups excluding carboxylic acids is 1. The van der Waals surface area contributed by atoms with Crippen LogP contribution < -0.4 is 0 Å². The van der Waals surface area contributed by atoms with Crippen LogP contribution in [0.2, 0.25) is 0 Å². The Morgan fingerprint density at radius 1 is 1.47 bits per heavy atom. The van der Waals surface area contributed by atoms with Gasteiger partial charge >= 0.3 is 0 Å². The van der Waals surface area contributed by atoms with Gasteiger partial charge in [-0.2, -0.15) is 11.8 Å². The molecule has 17 heavy (non-hydrogen) atoms. The number of nitrogens with zero attached hydrogens (tertiary/aromatic N) is 1. The Bertz CT molecular complexity index is 412. The zero-order valence-corrected chi connectivity index (χ0v) is 12.7. The van der Waals surface area contributed by atoms with Crippen molar-refractivity contribution in [3.8, 4) is 0 Å². The number of halogens is 1. The summed E-state index contributed by atoms with van der Waals surface area (Å²) in [5.41, 5.74) is 2.92. The maximum Gasteiger partial charge on any atom is 0.182 e. The molecule has 0 aliphatic heterocycles. The third-order valence-corrected chi connectivity index (χ3v) is 4.19. The molecule has 4 heteroatoms. The second-order valence-electron chi connectivity index (χ2n) is 4.42. The van der Waals surface area contributed by atoms with Crippen molar-refractivity contribution in [3.05, 3.63) is 23.0 Å². The van der Waals surface area contributed by atoms with E-state index < -0.39 is 5.38 Å². The molecule has 1 heterocycles. The Kier molecular flexibility index (Phi) is 5.14. The summed E-state index contributed by atoms with van der Waals surface area (Å²) in [6.07, 6.45) is 2.10. The molecule has 0 aliphatic rings. The molecule has 1 rings (SSSR count). The number of thioether (sulfide) groups is 1. The lowest BCUT2D eigenvalue weighted by molar-refractivity contribution is 0.0991. The van der Waals surface area contributed by atoms with Crippen LogP contribution in [0.25, 0.3) is 0 Å². The van der Waals surface area contributed by atoms with Gasteiger partial charge in [0.05, 0.1) is 5.38 Å². The molecule has 0 saturated heterocycles. The summed E-state index contributed by atoms with van der Waals surface area (Å²) in [7, 11) is 0. The molecule has 1 aromatic heterocycles. The highest BCUT2D eigenvalue weighted by molar-refractivity contribution is 7.99. The van der Waals surface area contributed by atoms with E-state index in [1.165, 1.54) is 0 Å². The monoisotopic (exact) mass is 273 g/mol. The summed E-state index contributed by atoms with van der Waals surface area (Å²) in [5.74, 6) is 0.0165. The minimum Gasteiger partial charge on any atom is -0.347 e. The number of aryl methyl sites for hydroxylation is 1. The molecular formula is C13H20ClNOS. The van der Waals surface area contributed by atoms with Gasteiger partial charge in [-0.3, -0.25) is 4.79 Å². The third-order valence-electron chi connectivity index (χ3n) is 3.04. The van der Waals surface area contributed by atoms with Gasteiger partial charge in [0.25, 0.3) is 0 Å². The highest BCUT2D eigenvalue weighted by Crippen LogP contribution is 2.20. The highest BCUT2D eigenvalue weighted by Gasteiger charge is 2.19. The fourth-order valence-corrected chi connectivity index (χ4v) is 2.29. The predicted octanol–water partition coefficient (Wildman–Crippen LogP) is 3.67. The van der Waals surface area contributed by atoms with Crippen molar-refractivity contribution in [1.82, 2.24) is 4.57 Å². The Morgan fingerprint density at radius 3 is 2.53 bits per heavy atom. The minimum absolute atomic E-state index is 0.0165. The van der Waals surface area contributed by atoms with Crippen LogP contribution in [0.5, 0.6) is 0 Å². The second-order valence-corrected chi connectivity index (χ2v) is 6.35. The summed E-state index contributed by atoms with van der Waals surface area (Å²) < 4.78 is 2.20. The first-order valence-electron chi connectivity index (χ1n) is 5.76. The molecule has 2 nitrogen and oxygen atoms in total. The largest absolute Gasteiger partial charge is 0.347 e. The molecule has 0 saturated carbocycles. The van der Waals surface area contributed by atoms with Gasteiger partial charge in [0, 0.05) is 28.7 Å². The van der Waals surface area contributed by atoms with Crippen molar-refractivity contribution in [2.75, 3.05) is 6.26 Å². The molecule has 96 valence electrons.